The van der Waals surface area contributed by atoms with Crippen molar-refractivity contribution in [2.45, 2.75) is 13.0 Å². The van der Waals surface area contributed by atoms with Gasteiger partial charge in [-0.15, -0.1) is 24.8 Å². The highest BCUT2D eigenvalue weighted by molar-refractivity contribution is 5.85. The van der Waals surface area contributed by atoms with Crippen molar-refractivity contribution in [3.63, 3.8) is 0 Å². The minimum Gasteiger partial charge on any atom is -0.340 e. The number of hydrogen-bond acceptors (Lipinski definition) is 3. The highest BCUT2D eigenvalue weighted by atomic mass is 35.5. The van der Waals surface area contributed by atoms with E-state index in [0.717, 1.165) is 39.1 Å². The van der Waals surface area contributed by atoms with Gasteiger partial charge < -0.3 is 10.6 Å². The predicted molar refractivity (Wildman–Crippen MR) is 86.5 cm³/mol. The Morgan fingerprint density at radius 3 is 2.40 bits per heavy atom. The van der Waals surface area contributed by atoms with Gasteiger partial charge >= 0.3 is 0 Å². The summed E-state index contributed by atoms with van der Waals surface area (Å²) in [6.45, 7) is 4.69. The van der Waals surface area contributed by atoms with E-state index in [2.05, 4.69) is 29.2 Å². The fourth-order valence-electron chi connectivity index (χ4n) is 2.35. The molecule has 1 amide bonds. The molecule has 1 aliphatic rings. The molecule has 0 spiro atoms. The number of amides is 1. The molecule has 1 heterocycles. The van der Waals surface area contributed by atoms with Gasteiger partial charge in [-0.3, -0.25) is 9.69 Å². The molecule has 0 aromatic heterocycles. The molecule has 1 aliphatic heterocycles. The van der Waals surface area contributed by atoms with Gasteiger partial charge in [0.1, 0.15) is 0 Å². The Kier molecular flexibility index (Phi) is 9.59. The molecule has 0 atom stereocenters. The molecule has 1 aromatic rings. The molecule has 0 unspecified atom stereocenters. The van der Waals surface area contributed by atoms with Crippen LogP contribution in [-0.2, 0) is 11.3 Å². The lowest BCUT2D eigenvalue weighted by Crippen LogP contribution is -2.38. The molecule has 20 heavy (non-hydrogen) atoms. The Balaban J connectivity index is 0.00000180. The molecule has 0 saturated carbocycles. The van der Waals surface area contributed by atoms with Gasteiger partial charge in [0.05, 0.1) is 6.54 Å². The van der Waals surface area contributed by atoms with Crippen LogP contribution in [0.3, 0.4) is 0 Å². The van der Waals surface area contributed by atoms with Crippen LogP contribution in [0.1, 0.15) is 12.0 Å². The number of nitrogens with zero attached hydrogens (tertiary/aromatic N) is 2. The van der Waals surface area contributed by atoms with Crippen LogP contribution in [0, 0.1) is 0 Å². The number of benzene rings is 1. The lowest BCUT2D eigenvalue weighted by molar-refractivity contribution is -0.129. The number of nitrogens with two attached hydrogens (primary N) is 1. The second-order valence-corrected chi connectivity index (χ2v) is 4.70. The summed E-state index contributed by atoms with van der Waals surface area (Å²) in [6, 6.07) is 10.5. The lowest BCUT2D eigenvalue weighted by Gasteiger charge is -2.21. The van der Waals surface area contributed by atoms with Crippen LogP contribution in [0.4, 0.5) is 0 Å². The van der Waals surface area contributed by atoms with Crippen molar-refractivity contribution in [3.8, 4) is 0 Å². The van der Waals surface area contributed by atoms with E-state index >= 15 is 0 Å². The summed E-state index contributed by atoms with van der Waals surface area (Å²) >= 11 is 0. The summed E-state index contributed by atoms with van der Waals surface area (Å²) in [6.07, 6.45) is 1.03. The molecule has 2 N–H and O–H groups in total. The van der Waals surface area contributed by atoms with Gasteiger partial charge in [0, 0.05) is 32.7 Å². The first-order valence-electron chi connectivity index (χ1n) is 6.53. The third kappa shape index (κ3) is 5.67. The number of rotatable bonds is 3. The first-order valence-corrected chi connectivity index (χ1v) is 6.53. The van der Waals surface area contributed by atoms with E-state index in [1.54, 1.807) is 0 Å². The largest absolute Gasteiger partial charge is 0.340 e. The Morgan fingerprint density at radius 2 is 1.75 bits per heavy atom. The van der Waals surface area contributed by atoms with Crippen LogP contribution in [-0.4, -0.2) is 48.4 Å². The average Bonchev–Trinajstić information content (AvgIpc) is 2.65. The molecule has 114 valence electrons. The van der Waals surface area contributed by atoms with E-state index in [1.165, 1.54) is 5.56 Å². The van der Waals surface area contributed by atoms with Gasteiger partial charge in [0.2, 0.25) is 5.91 Å². The standard InChI is InChI=1S/C14H21N3O.2ClH/c15-11-14(18)17-8-4-7-16(9-10-17)12-13-5-2-1-3-6-13;;/h1-3,5-6H,4,7-12,15H2;2*1H. The second kappa shape index (κ2) is 10.00. The number of carbonyl (C=O) groups excluding carboxylic acids is 1. The van der Waals surface area contributed by atoms with E-state index in [0.29, 0.717) is 0 Å². The highest BCUT2D eigenvalue weighted by Crippen LogP contribution is 2.08. The van der Waals surface area contributed by atoms with Crippen LogP contribution in [0.25, 0.3) is 0 Å². The van der Waals surface area contributed by atoms with Crippen molar-refractivity contribution in [2.24, 2.45) is 5.73 Å². The minimum absolute atomic E-state index is 0. The summed E-state index contributed by atoms with van der Waals surface area (Å²) in [5.74, 6) is 0.0663. The van der Waals surface area contributed by atoms with Gasteiger partial charge in [-0.1, -0.05) is 30.3 Å². The van der Waals surface area contributed by atoms with Gasteiger partial charge in [-0.25, -0.2) is 0 Å². The Bertz CT molecular complexity index is 389. The number of halogens is 2. The summed E-state index contributed by atoms with van der Waals surface area (Å²) in [5.41, 5.74) is 6.74. The second-order valence-electron chi connectivity index (χ2n) is 4.70. The molecular formula is C14H23Cl2N3O. The van der Waals surface area contributed by atoms with Gasteiger partial charge in [-0.05, 0) is 12.0 Å². The van der Waals surface area contributed by atoms with Gasteiger partial charge in [-0.2, -0.15) is 0 Å². The van der Waals surface area contributed by atoms with E-state index in [4.69, 9.17) is 5.73 Å². The van der Waals surface area contributed by atoms with E-state index < -0.39 is 0 Å². The Hall–Kier alpha value is -0.810. The molecule has 6 heteroatoms. The van der Waals surface area contributed by atoms with Gasteiger partial charge in [0.15, 0.2) is 0 Å². The van der Waals surface area contributed by atoms with Crippen LogP contribution < -0.4 is 5.73 Å². The zero-order valence-corrected chi connectivity index (χ0v) is 13.2. The summed E-state index contributed by atoms with van der Waals surface area (Å²) in [7, 11) is 0. The average molecular weight is 320 g/mol. The van der Waals surface area contributed by atoms with E-state index in [1.807, 2.05) is 11.0 Å². The van der Waals surface area contributed by atoms with Crippen molar-refractivity contribution in [2.75, 3.05) is 32.7 Å². The number of hydrogen-bond donors (Lipinski definition) is 1. The van der Waals surface area contributed by atoms with Crippen molar-refractivity contribution >= 4 is 30.7 Å². The van der Waals surface area contributed by atoms with Crippen LogP contribution in [0.5, 0.6) is 0 Å². The monoisotopic (exact) mass is 319 g/mol. The Morgan fingerprint density at radius 1 is 1.05 bits per heavy atom. The fraction of sp³-hybridized carbons (Fsp3) is 0.500. The third-order valence-corrected chi connectivity index (χ3v) is 3.36. The molecule has 1 aromatic carbocycles. The molecule has 1 fully saturated rings. The van der Waals surface area contributed by atoms with Gasteiger partial charge in [0.25, 0.3) is 0 Å². The lowest BCUT2D eigenvalue weighted by atomic mass is 10.2. The fourth-order valence-corrected chi connectivity index (χ4v) is 2.35. The van der Waals surface area contributed by atoms with Crippen LogP contribution in [0.2, 0.25) is 0 Å². The smallest absolute Gasteiger partial charge is 0.236 e. The molecule has 1 saturated heterocycles. The Labute approximate surface area is 133 Å². The maximum Gasteiger partial charge on any atom is 0.236 e. The first kappa shape index (κ1) is 19.2. The summed E-state index contributed by atoms with van der Waals surface area (Å²) in [5, 5.41) is 0. The topological polar surface area (TPSA) is 49.6 Å². The quantitative estimate of drug-likeness (QED) is 0.919. The molecule has 0 bridgehead atoms. The predicted octanol–water partition coefficient (Wildman–Crippen LogP) is 1.52. The summed E-state index contributed by atoms with van der Waals surface area (Å²) in [4.78, 5) is 15.8. The van der Waals surface area contributed by atoms with Crippen molar-refractivity contribution in [1.82, 2.24) is 9.80 Å². The van der Waals surface area contributed by atoms with Crippen molar-refractivity contribution in [3.05, 3.63) is 35.9 Å². The highest BCUT2D eigenvalue weighted by Gasteiger charge is 2.17. The van der Waals surface area contributed by atoms with E-state index in [9.17, 15) is 4.79 Å². The van der Waals surface area contributed by atoms with E-state index in [-0.39, 0.29) is 37.3 Å². The molecule has 0 aliphatic carbocycles. The molecular weight excluding hydrogens is 297 g/mol. The molecule has 0 radical (unpaired) electrons. The third-order valence-electron chi connectivity index (χ3n) is 3.36. The zero-order chi connectivity index (χ0) is 12.8. The molecule has 2 rings (SSSR count). The number of carbonyl (C=O) groups is 1. The zero-order valence-electron chi connectivity index (χ0n) is 11.5. The van der Waals surface area contributed by atoms with Crippen LogP contribution in [0.15, 0.2) is 30.3 Å². The summed E-state index contributed by atoms with van der Waals surface area (Å²) < 4.78 is 0. The SMILES string of the molecule is Cl.Cl.NCC(=O)N1CCCN(Cc2ccccc2)CC1. The van der Waals surface area contributed by atoms with Crippen LogP contribution >= 0.6 is 24.8 Å². The van der Waals surface area contributed by atoms with Crippen molar-refractivity contribution < 1.29 is 4.79 Å². The maximum atomic E-state index is 11.6. The molecule has 4 nitrogen and oxygen atoms in total. The normalized spacial score (nSPS) is 15.8. The maximum absolute atomic E-state index is 11.6. The first-order chi connectivity index (χ1) is 8.79. The van der Waals surface area contributed by atoms with Crippen molar-refractivity contribution in [1.29, 1.82) is 0 Å². The minimum atomic E-state index is 0.